The van der Waals surface area contributed by atoms with Gasteiger partial charge in [-0.1, -0.05) is 48.9 Å². The highest BCUT2D eigenvalue weighted by molar-refractivity contribution is 6.32. The van der Waals surface area contributed by atoms with E-state index in [1.54, 1.807) is 24.3 Å². The predicted molar refractivity (Wildman–Crippen MR) is 113 cm³/mol. The van der Waals surface area contributed by atoms with Gasteiger partial charge in [-0.2, -0.15) is 24.3 Å². The fourth-order valence-corrected chi connectivity index (χ4v) is 3.13. The average Bonchev–Trinajstić information content (AvgIpc) is 3.08. The van der Waals surface area contributed by atoms with Gasteiger partial charge in [-0.25, -0.2) is 4.79 Å². The van der Waals surface area contributed by atoms with Crippen LogP contribution in [0.15, 0.2) is 53.3 Å². The number of aryl methyl sites for hydroxylation is 1. The van der Waals surface area contributed by atoms with Crippen molar-refractivity contribution in [2.24, 2.45) is 0 Å². The summed E-state index contributed by atoms with van der Waals surface area (Å²) in [5.41, 5.74) is 7.78. The average molecular weight is 424 g/mol. The molecule has 0 aliphatic heterocycles. The molecule has 0 atom stereocenters. The van der Waals surface area contributed by atoms with Crippen LogP contribution < -0.4 is 16.7 Å². The number of nitrogens with two attached hydrogens (primary N) is 1. The molecule has 0 aliphatic carbocycles. The Morgan fingerprint density at radius 2 is 1.80 bits per heavy atom. The number of rotatable bonds is 6. The van der Waals surface area contributed by atoms with E-state index in [0.717, 1.165) is 27.0 Å². The fourth-order valence-electron chi connectivity index (χ4n) is 2.92. The van der Waals surface area contributed by atoms with Crippen molar-refractivity contribution >= 4 is 29.2 Å². The van der Waals surface area contributed by atoms with Crippen LogP contribution in [0.1, 0.15) is 18.3 Å². The molecular weight excluding hydrogens is 406 g/mol. The number of nitrogens with one attached hydrogen (secondary N) is 1. The van der Waals surface area contributed by atoms with Gasteiger partial charge in [-0.15, -0.1) is 0 Å². The van der Waals surface area contributed by atoms with Crippen LogP contribution in [0.5, 0.6) is 0 Å². The molecule has 0 aliphatic rings. The molecule has 3 N–H and O–H groups in total. The van der Waals surface area contributed by atoms with Gasteiger partial charge in [0.05, 0.1) is 10.7 Å². The maximum atomic E-state index is 12.7. The number of para-hydroxylation sites is 2. The van der Waals surface area contributed by atoms with Crippen molar-refractivity contribution < 1.29 is 0 Å². The van der Waals surface area contributed by atoms with Crippen molar-refractivity contribution in [2.75, 3.05) is 11.1 Å². The first-order valence-electron chi connectivity index (χ1n) is 9.18. The number of nitrogen functional groups attached to an aromatic ring is 1. The van der Waals surface area contributed by atoms with Gasteiger partial charge in [-0.05, 0) is 40.6 Å². The number of aromatic nitrogens is 7. The molecule has 11 heteroatoms. The molecule has 4 aromatic rings. The molecule has 0 saturated heterocycles. The van der Waals surface area contributed by atoms with E-state index in [1.165, 1.54) is 0 Å². The van der Waals surface area contributed by atoms with Gasteiger partial charge in [0.2, 0.25) is 11.9 Å². The largest absolute Gasteiger partial charge is 0.368 e. The summed E-state index contributed by atoms with van der Waals surface area (Å²) in [6, 6.07) is 14.7. The lowest BCUT2D eigenvalue weighted by Gasteiger charge is -2.10. The Balaban J connectivity index is 1.62. The van der Waals surface area contributed by atoms with Crippen molar-refractivity contribution in [1.29, 1.82) is 0 Å². The summed E-state index contributed by atoms with van der Waals surface area (Å²) in [6.07, 6.45) is 0.844. The first-order chi connectivity index (χ1) is 14.5. The highest BCUT2D eigenvalue weighted by atomic mass is 35.5. The molecule has 2 aromatic heterocycles. The number of nitrogens with zero attached hydrogens (tertiary/aromatic N) is 7. The summed E-state index contributed by atoms with van der Waals surface area (Å²) in [6.45, 7) is 2.03. The first kappa shape index (κ1) is 19.5. The monoisotopic (exact) mass is 423 g/mol. The molecule has 0 spiro atoms. The zero-order valence-electron chi connectivity index (χ0n) is 16.0. The van der Waals surface area contributed by atoms with E-state index < -0.39 is 5.69 Å². The molecule has 0 fully saturated rings. The van der Waals surface area contributed by atoms with Crippen molar-refractivity contribution in [3.63, 3.8) is 0 Å². The quantitative estimate of drug-likeness (QED) is 0.482. The Hall–Kier alpha value is -3.79. The van der Waals surface area contributed by atoms with Gasteiger partial charge >= 0.3 is 5.69 Å². The van der Waals surface area contributed by atoms with Crippen LogP contribution in [0.4, 0.5) is 17.6 Å². The van der Waals surface area contributed by atoms with Crippen LogP contribution in [0.3, 0.4) is 0 Å². The zero-order chi connectivity index (χ0) is 21.1. The maximum Gasteiger partial charge on any atom is 0.368 e. The second kappa shape index (κ2) is 8.29. The van der Waals surface area contributed by atoms with Gasteiger partial charge < -0.3 is 11.1 Å². The third-order valence-electron chi connectivity index (χ3n) is 4.35. The molecule has 30 heavy (non-hydrogen) atoms. The number of hydrogen-bond donors (Lipinski definition) is 2. The SMILES string of the molecule is CCc1ccccc1Nc1nc(N)nc(Cn2nnn(-c3ccccc3Cl)c2=O)n1. The van der Waals surface area contributed by atoms with Gasteiger partial charge in [-0.3, -0.25) is 0 Å². The Labute approximate surface area is 176 Å². The normalized spacial score (nSPS) is 10.9. The van der Waals surface area contributed by atoms with Gasteiger partial charge in [0.15, 0.2) is 5.82 Å². The van der Waals surface area contributed by atoms with Crippen LogP contribution in [0.2, 0.25) is 5.02 Å². The molecule has 4 rings (SSSR count). The molecule has 0 unspecified atom stereocenters. The van der Waals surface area contributed by atoms with Gasteiger partial charge in [0, 0.05) is 5.69 Å². The molecule has 0 radical (unpaired) electrons. The smallest absolute Gasteiger partial charge is 0.368 e. The van der Waals surface area contributed by atoms with Crippen LogP contribution in [-0.2, 0) is 13.0 Å². The lowest BCUT2D eigenvalue weighted by molar-refractivity contribution is 0.608. The topological polar surface area (TPSA) is 129 Å². The number of tetrazole rings is 1. The molecule has 2 aromatic carbocycles. The number of benzene rings is 2. The minimum Gasteiger partial charge on any atom is -0.368 e. The Morgan fingerprint density at radius 3 is 2.60 bits per heavy atom. The molecular formula is C19H18ClN9O. The summed E-state index contributed by atoms with van der Waals surface area (Å²) in [5, 5.41) is 11.3. The Kier molecular flexibility index (Phi) is 5.40. The second-order valence-electron chi connectivity index (χ2n) is 6.35. The highest BCUT2D eigenvalue weighted by Crippen LogP contribution is 2.20. The maximum absolute atomic E-state index is 12.7. The van der Waals surface area contributed by atoms with E-state index in [0.29, 0.717) is 10.7 Å². The number of halogens is 1. The van der Waals surface area contributed by atoms with E-state index in [4.69, 9.17) is 17.3 Å². The van der Waals surface area contributed by atoms with Gasteiger partial charge in [0.1, 0.15) is 6.54 Å². The third kappa shape index (κ3) is 3.98. The van der Waals surface area contributed by atoms with Crippen molar-refractivity contribution in [3.8, 4) is 5.69 Å². The van der Waals surface area contributed by atoms with Crippen molar-refractivity contribution in [1.82, 2.24) is 34.7 Å². The summed E-state index contributed by atoms with van der Waals surface area (Å²) in [5.74, 6) is 0.584. The minimum atomic E-state index is -0.479. The second-order valence-corrected chi connectivity index (χ2v) is 6.76. The summed E-state index contributed by atoms with van der Waals surface area (Å²) in [4.78, 5) is 25.3. The van der Waals surface area contributed by atoms with E-state index in [-0.39, 0.29) is 24.3 Å². The van der Waals surface area contributed by atoms with E-state index in [2.05, 4.69) is 37.6 Å². The number of anilines is 3. The van der Waals surface area contributed by atoms with Crippen LogP contribution in [0.25, 0.3) is 5.69 Å². The minimum absolute atomic E-state index is 0.0277. The molecule has 0 bridgehead atoms. The van der Waals surface area contributed by atoms with Crippen LogP contribution in [-0.4, -0.2) is 34.7 Å². The Bertz CT molecular complexity index is 1250. The molecule has 0 saturated carbocycles. The first-order valence-corrected chi connectivity index (χ1v) is 9.56. The summed E-state index contributed by atoms with van der Waals surface area (Å²) >= 11 is 6.15. The standard InChI is InChI=1S/C19H18ClN9O/c1-2-12-7-3-5-9-14(12)22-18-24-16(23-17(21)25-18)11-28-19(30)29(27-26-28)15-10-6-4-8-13(15)20/h3-10H,2,11H2,1H3,(H3,21,22,23,24,25). The summed E-state index contributed by atoms with van der Waals surface area (Å²) in [7, 11) is 0. The van der Waals surface area contributed by atoms with Crippen LogP contribution >= 0.6 is 11.6 Å². The highest BCUT2D eigenvalue weighted by Gasteiger charge is 2.14. The molecule has 10 nitrogen and oxygen atoms in total. The van der Waals surface area contributed by atoms with E-state index in [1.807, 2.05) is 24.3 Å². The fraction of sp³-hybridized carbons (Fsp3) is 0.158. The molecule has 2 heterocycles. The summed E-state index contributed by atoms with van der Waals surface area (Å²) < 4.78 is 2.24. The number of hydrogen-bond acceptors (Lipinski definition) is 8. The lowest BCUT2D eigenvalue weighted by Crippen LogP contribution is -2.26. The van der Waals surface area contributed by atoms with Crippen molar-refractivity contribution in [2.45, 2.75) is 19.9 Å². The molecule has 152 valence electrons. The zero-order valence-corrected chi connectivity index (χ0v) is 16.8. The van der Waals surface area contributed by atoms with E-state index >= 15 is 0 Å². The molecule has 0 amide bonds. The third-order valence-corrected chi connectivity index (χ3v) is 4.67. The lowest BCUT2D eigenvalue weighted by atomic mass is 10.1. The van der Waals surface area contributed by atoms with Gasteiger partial charge in [0.25, 0.3) is 0 Å². The predicted octanol–water partition coefficient (Wildman–Crippen LogP) is 2.20. The Morgan fingerprint density at radius 1 is 1.03 bits per heavy atom. The van der Waals surface area contributed by atoms with Crippen LogP contribution in [0, 0.1) is 0 Å². The van der Waals surface area contributed by atoms with Crippen molar-refractivity contribution in [3.05, 3.63) is 75.4 Å². The van der Waals surface area contributed by atoms with E-state index in [9.17, 15) is 4.79 Å².